The maximum absolute atomic E-state index is 10.3. The molecule has 3 rings (SSSR count). The molecule has 31 heavy (non-hydrogen) atoms. The van der Waals surface area contributed by atoms with Crippen molar-refractivity contribution >= 4 is 0 Å². The van der Waals surface area contributed by atoms with Gasteiger partial charge >= 0.3 is 0 Å². The molecule has 0 fully saturated rings. The molecule has 166 valence electrons. The van der Waals surface area contributed by atoms with Crippen LogP contribution in [0.4, 0.5) is 0 Å². The number of aliphatic hydroxyl groups is 1. The summed E-state index contributed by atoms with van der Waals surface area (Å²) in [6, 6.07) is 19.8. The van der Waals surface area contributed by atoms with Crippen LogP contribution < -0.4 is 4.74 Å². The number of aromatic nitrogens is 2. The van der Waals surface area contributed by atoms with Crippen molar-refractivity contribution in [3.63, 3.8) is 0 Å². The van der Waals surface area contributed by atoms with Gasteiger partial charge < -0.3 is 14.6 Å². The van der Waals surface area contributed by atoms with Crippen molar-refractivity contribution in [2.24, 2.45) is 0 Å². The third-order valence-electron chi connectivity index (χ3n) is 5.25. The lowest BCUT2D eigenvalue weighted by Gasteiger charge is -2.25. The van der Waals surface area contributed by atoms with E-state index in [1.165, 1.54) is 0 Å². The minimum atomic E-state index is -0.385. The zero-order valence-electron chi connectivity index (χ0n) is 18.7. The number of rotatable bonds is 12. The van der Waals surface area contributed by atoms with Gasteiger partial charge in [0.1, 0.15) is 5.75 Å². The van der Waals surface area contributed by atoms with E-state index >= 15 is 0 Å². The molecule has 0 bridgehead atoms. The van der Waals surface area contributed by atoms with Crippen LogP contribution in [0, 0.1) is 0 Å². The summed E-state index contributed by atoms with van der Waals surface area (Å²) in [4.78, 5) is 2.21. The van der Waals surface area contributed by atoms with Crippen LogP contribution in [0.1, 0.15) is 31.5 Å². The highest BCUT2D eigenvalue weighted by Gasteiger charge is 2.23. The predicted octanol–water partition coefficient (Wildman–Crippen LogP) is 4.45. The van der Waals surface area contributed by atoms with Crippen molar-refractivity contribution in [3.8, 4) is 17.3 Å². The molecule has 6 heteroatoms. The zero-order valence-corrected chi connectivity index (χ0v) is 18.7. The summed E-state index contributed by atoms with van der Waals surface area (Å²) < 4.78 is 13.6. The molecule has 2 aromatic carbocycles. The molecule has 0 amide bonds. The van der Waals surface area contributed by atoms with E-state index in [0.29, 0.717) is 32.0 Å². The Kier molecular flexibility index (Phi) is 8.64. The molecular formula is C25H33N3O3. The van der Waals surface area contributed by atoms with E-state index in [-0.39, 0.29) is 6.10 Å². The minimum absolute atomic E-state index is 0.385. The third-order valence-corrected chi connectivity index (χ3v) is 5.25. The lowest BCUT2D eigenvalue weighted by atomic mass is 10.1. The second-order valence-electron chi connectivity index (χ2n) is 7.54. The second-order valence-corrected chi connectivity index (χ2v) is 7.54. The van der Waals surface area contributed by atoms with Crippen LogP contribution in [0.2, 0.25) is 0 Å². The van der Waals surface area contributed by atoms with Gasteiger partial charge in [-0.1, -0.05) is 50.2 Å². The van der Waals surface area contributed by atoms with Gasteiger partial charge in [-0.25, -0.2) is 4.68 Å². The van der Waals surface area contributed by atoms with Gasteiger partial charge in [0, 0.05) is 26.7 Å². The van der Waals surface area contributed by atoms with E-state index in [0.717, 1.165) is 35.7 Å². The van der Waals surface area contributed by atoms with Gasteiger partial charge in [0.2, 0.25) is 5.88 Å². The molecule has 0 saturated heterocycles. The summed E-state index contributed by atoms with van der Waals surface area (Å²) in [6.45, 7) is 6.61. The number of aliphatic hydroxyl groups excluding tert-OH is 1. The normalized spacial score (nSPS) is 12.3. The number of nitrogens with zero attached hydrogens (tertiary/aromatic N) is 3. The fourth-order valence-electron chi connectivity index (χ4n) is 3.48. The Morgan fingerprint density at radius 1 is 1.03 bits per heavy atom. The first-order chi connectivity index (χ1) is 15.2. The average molecular weight is 424 g/mol. The summed E-state index contributed by atoms with van der Waals surface area (Å²) >= 11 is 0. The number of aryl methyl sites for hydroxylation is 1. The number of para-hydroxylation sites is 2. The fraction of sp³-hybridized carbons (Fsp3) is 0.400. The summed E-state index contributed by atoms with van der Waals surface area (Å²) in [5.41, 5.74) is 2.98. The third kappa shape index (κ3) is 6.17. The zero-order chi connectivity index (χ0) is 22.1. The first-order valence-electron chi connectivity index (χ1n) is 10.9. The second kappa shape index (κ2) is 11.6. The standard InChI is InChI=1S/C25H33N3O3/c1-4-21(29)18-27(16-17-30-3)19-23-24(5-2)26-28(20-12-8-6-9-13-20)25(23)31-22-14-10-7-11-15-22/h6-15,21,29H,4-5,16-19H2,1-3H3/t21-/m1/s1. The van der Waals surface area contributed by atoms with Gasteiger partial charge in [0.05, 0.1) is 29.7 Å². The maximum Gasteiger partial charge on any atom is 0.227 e. The monoisotopic (exact) mass is 423 g/mol. The van der Waals surface area contributed by atoms with Gasteiger partial charge in [0.15, 0.2) is 0 Å². The maximum atomic E-state index is 10.3. The van der Waals surface area contributed by atoms with Crippen LogP contribution in [-0.2, 0) is 17.7 Å². The van der Waals surface area contributed by atoms with Gasteiger partial charge in [-0.3, -0.25) is 4.90 Å². The van der Waals surface area contributed by atoms with Crippen LogP contribution in [0.15, 0.2) is 60.7 Å². The van der Waals surface area contributed by atoms with E-state index < -0.39 is 0 Å². The Bertz CT molecular complexity index is 913. The lowest BCUT2D eigenvalue weighted by Crippen LogP contribution is -2.34. The van der Waals surface area contributed by atoms with Crippen molar-refractivity contribution in [1.29, 1.82) is 0 Å². The molecule has 0 spiro atoms. The Hall–Kier alpha value is -2.67. The van der Waals surface area contributed by atoms with E-state index in [1.54, 1.807) is 7.11 Å². The first-order valence-corrected chi connectivity index (χ1v) is 10.9. The molecule has 3 aromatic rings. The van der Waals surface area contributed by atoms with Gasteiger partial charge in [-0.2, -0.15) is 5.10 Å². The number of hydrogen-bond donors (Lipinski definition) is 1. The summed E-state index contributed by atoms with van der Waals surface area (Å²) in [5, 5.41) is 15.2. The first kappa shape index (κ1) is 23.0. The molecule has 0 saturated carbocycles. The molecule has 0 aliphatic rings. The van der Waals surface area contributed by atoms with E-state index in [2.05, 4.69) is 11.8 Å². The van der Waals surface area contributed by atoms with E-state index in [1.807, 2.05) is 72.3 Å². The van der Waals surface area contributed by atoms with Crippen molar-refractivity contribution in [1.82, 2.24) is 14.7 Å². The van der Waals surface area contributed by atoms with Gasteiger partial charge in [-0.05, 0) is 37.1 Å². The Balaban J connectivity index is 2.02. The van der Waals surface area contributed by atoms with Crippen molar-refractivity contribution in [3.05, 3.63) is 71.9 Å². The predicted molar refractivity (Wildman–Crippen MR) is 123 cm³/mol. The number of ether oxygens (including phenoxy) is 2. The molecule has 0 aliphatic heterocycles. The number of benzene rings is 2. The summed E-state index contributed by atoms with van der Waals surface area (Å²) in [7, 11) is 1.70. The van der Waals surface area contributed by atoms with Crippen molar-refractivity contribution < 1.29 is 14.6 Å². The Morgan fingerprint density at radius 2 is 1.71 bits per heavy atom. The minimum Gasteiger partial charge on any atom is -0.439 e. The SMILES string of the molecule is CCc1nn(-c2ccccc2)c(Oc2ccccc2)c1CN(CCOC)C[C@H](O)CC. The molecule has 0 unspecified atom stereocenters. The van der Waals surface area contributed by atoms with Crippen LogP contribution in [-0.4, -0.2) is 52.7 Å². The molecule has 1 N–H and O–H groups in total. The topological polar surface area (TPSA) is 59.8 Å². The number of methoxy groups -OCH3 is 1. The molecule has 1 aromatic heterocycles. The average Bonchev–Trinajstić information content (AvgIpc) is 3.15. The van der Waals surface area contributed by atoms with Crippen molar-refractivity contribution in [2.75, 3.05) is 26.8 Å². The largest absolute Gasteiger partial charge is 0.439 e. The molecular weight excluding hydrogens is 390 g/mol. The Morgan fingerprint density at radius 3 is 2.32 bits per heavy atom. The number of hydrogen-bond acceptors (Lipinski definition) is 5. The molecule has 6 nitrogen and oxygen atoms in total. The van der Waals surface area contributed by atoms with Crippen LogP contribution >= 0.6 is 0 Å². The molecule has 1 atom stereocenters. The highest BCUT2D eigenvalue weighted by molar-refractivity contribution is 5.43. The van der Waals surface area contributed by atoms with Crippen molar-refractivity contribution in [2.45, 2.75) is 39.3 Å². The fourth-order valence-corrected chi connectivity index (χ4v) is 3.48. The van der Waals surface area contributed by atoms with Gasteiger partial charge in [-0.15, -0.1) is 0 Å². The van der Waals surface area contributed by atoms with Crippen LogP contribution in [0.3, 0.4) is 0 Å². The lowest BCUT2D eigenvalue weighted by molar-refractivity contribution is 0.0825. The van der Waals surface area contributed by atoms with Crippen LogP contribution in [0.25, 0.3) is 5.69 Å². The molecule has 0 aliphatic carbocycles. The summed E-state index contributed by atoms with van der Waals surface area (Å²) in [5.74, 6) is 1.48. The quantitative estimate of drug-likeness (QED) is 0.466. The summed E-state index contributed by atoms with van der Waals surface area (Å²) in [6.07, 6.45) is 1.11. The van der Waals surface area contributed by atoms with Crippen LogP contribution in [0.5, 0.6) is 11.6 Å². The molecule has 1 heterocycles. The van der Waals surface area contributed by atoms with E-state index in [4.69, 9.17) is 14.6 Å². The highest BCUT2D eigenvalue weighted by atomic mass is 16.5. The van der Waals surface area contributed by atoms with E-state index in [9.17, 15) is 5.11 Å². The smallest absolute Gasteiger partial charge is 0.227 e. The van der Waals surface area contributed by atoms with Gasteiger partial charge in [0.25, 0.3) is 0 Å². The Labute approximate surface area is 185 Å². The molecule has 0 radical (unpaired) electrons. The highest BCUT2D eigenvalue weighted by Crippen LogP contribution is 2.32.